The molecular weight excluding hydrogens is 204 g/mol. The van der Waals surface area contributed by atoms with Crippen molar-refractivity contribution in [3.8, 4) is 0 Å². The molecule has 1 saturated heterocycles. The fourth-order valence-corrected chi connectivity index (χ4v) is 2.13. The number of nitrogen functional groups attached to an aromatic ring is 1. The minimum absolute atomic E-state index is 0.142. The zero-order valence-electron chi connectivity index (χ0n) is 9.81. The van der Waals surface area contributed by atoms with Crippen molar-refractivity contribution in [3.63, 3.8) is 0 Å². The molecule has 1 amide bonds. The highest BCUT2D eigenvalue weighted by Crippen LogP contribution is 2.19. The van der Waals surface area contributed by atoms with Crippen LogP contribution in [0, 0.1) is 6.92 Å². The lowest BCUT2D eigenvalue weighted by Crippen LogP contribution is -2.34. The number of anilines is 1. The molecule has 1 aromatic heterocycles. The third-order valence-electron chi connectivity index (χ3n) is 3.22. The molecule has 2 rings (SSSR count). The summed E-state index contributed by atoms with van der Waals surface area (Å²) in [5.41, 5.74) is 7.22. The van der Waals surface area contributed by atoms with Crippen molar-refractivity contribution in [2.24, 2.45) is 0 Å². The van der Waals surface area contributed by atoms with E-state index in [9.17, 15) is 4.79 Å². The van der Waals surface area contributed by atoms with Gasteiger partial charge in [0.15, 0.2) is 0 Å². The van der Waals surface area contributed by atoms with Crippen molar-refractivity contribution in [1.82, 2.24) is 14.7 Å². The molecule has 16 heavy (non-hydrogen) atoms. The maximum absolute atomic E-state index is 12.1. The third-order valence-corrected chi connectivity index (χ3v) is 3.22. The largest absolute Gasteiger partial charge is 0.396 e. The minimum Gasteiger partial charge on any atom is -0.396 e. The molecule has 1 aliphatic heterocycles. The number of carbonyl (C=O) groups excluding carboxylic acids is 1. The summed E-state index contributed by atoms with van der Waals surface area (Å²) >= 11 is 0. The highest BCUT2D eigenvalue weighted by atomic mass is 16.2. The molecule has 2 N–H and O–H groups in total. The molecule has 0 saturated carbocycles. The molecule has 0 unspecified atom stereocenters. The van der Waals surface area contributed by atoms with Gasteiger partial charge in [0.25, 0.3) is 0 Å². The van der Waals surface area contributed by atoms with E-state index in [4.69, 9.17) is 5.73 Å². The van der Waals surface area contributed by atoms with Gasteiger partial charge in [-0.25, -0.2) is 0 Å². The smallest absolute Gasteiger partial charge is 0.247 e. The van der Waals surface area contributed by atoms with Crippen molar-refractivity contribution in [1.29, 1.82) is 0 Å². The van der Waals surface area contributed by atoms with Gasteiger partial charge in [0.2, 0.25) is 5.91 Å². The molecule has 1 aliphatic rings. The number of rotatable bonds is 2. The standard InChI is InChI=1S/C11H18N4O/c1-8-10(12)7-13-15(8)9(2)11(16)14-5-3-4-6-14/h7,9H,3-6,12H2,1-2H3/t9-/m0/s1. The van der Waals surface area contributed by atoms with Crippen molar-refractivity contribution in [2.45, 2.75) is 32.7 Å². The summed E-state index contributed by atoms with van der Waals surface area (Å²) in [4.78, 5) is 14.0. The first-order valence-electron chi connectivity index (χ1n) is 5.69. The topological polar surface area (TPSA) is 64.1 Å². The highest BCUT2D eigenvalue weighted by molar-refractivity contribution is 5.80. The second-order valence-corrected chi connectivity index (χ2v) is 4.34. The Balaban J connectivity index is 2.15. The number of amides is 1. The Hall–Kier alpha value is -1.52. The van der Waals surface area contributed by atoms with Crippen LogP contribution in [0.3, 0.4) is 0 Å². The van der Waals surface area contributed by atoms with Gasteiger partial charge in [-0.3, -0.25) is 9.48 Å². The monoisotopic (exact) mass is 222 g/mol. The molecule has 0 aliphatic carbocycles. The molecule has 1 atom stereocenters. The van der Waals surface area contributed by atoms with Crippen molar-refractivity contribution in [3.05, 3.63) is 11.9 Å². The third kappa shape index (κ3) is 1.77. The van der Waals surface area contributed by atoms with Gasteiger partial charge in [0.05, 0.1) is 17.6 Å². The number of aromatic nitrogens is 2. The molecule has 88 valence electrons. The Morgan fingerprint density at radius 1 is 1.50 bits per heavy atom. The first-order chi connectivity index (χ1) is 7.61. The SMILES string of the molecule is Cc1c(N)cnn1[C@@H](C)C(=O)N1CCCC1. The Kier molecular flexibility index (Phi) is 2.85. The molecule has 2 heterocycles. The van der Waals surface area contributed by atoms with Crippen LogP contribution in [0.4, 0.5) is 5.69 Å². The summed E-state index contributed by atoms with van der Waals surface area (Å²) in [6.45, 7) is 5.51. The van der Waals surface area contributed by atoms with E-state index in [1.165, 1.54) is 0 Å². The van der Waals surface area contributed by atoms with Gasteiger partial charge in [-0.05, 0) is 26.7 Å². The molecule has 5 nitrogen and oxygen atoms in total. The molecule has 0 bridgehead atoms. The summed E-state index contributed by atoms with van der Waals surface area (Å²) in [5.74, 6) is 0.142. The van der Waals surface area contributed by atoms with E-state index in [1.54, 1.807) is 10.9 Å². The lowest BCUT2D eigenvalue weighted by Gasteiger charge is -2.21. The van der Waals surface area contributed by atoms with Crippen LogP contribution < -0.4 is 5.73 Å². The fraction of sp³-hybridized carbons (Fsp3) is 0.636. The van der Waals surface area contributed by atoms with E-state index in [1.807, 2.05) is 18.7 Å². The normalized spacial score (nSPS) is 17.8. The van der Waals surface area contributed by atoms with Crippen LogP contribution in [0.1, 0.15) is 31.5 Å². The molecule has 0 radical (unpaired) electrons. The van der Waals surface area contributed by atoms with Crippen LogP contribution in [-0.2, 0) is 4.79 Å². The number of hydrogen-bond donors (Lipinski definition) is 1. The van der Waals surface area contributed by atoms with Crippen LogP contribution in [0.25, 0.3) is 0 Å². The Labute approximate surface area is 95.2 Å². The van der Waals surface area contributed by atoms with Gasteiger partial charge < -0.3 is 10.6 Å². The van der Waals surface area contributed by atoms with E-state index >= 15 is 0 Å². The summed E-state index contributed by atoms with van der Waals surface area (Å²) in [5, 5.41) is 4.15. The van der Waals surface area contributed by atoms with E-state index in [-0.39, 0.29) is 11.9 Å². The van der Waals surface area contributed by atoms with Gasteiger partial charge in [-0.2, -0.15) is 5.10 Å². The van der Waals surface area contributed by atoms with Crippen LogP contribution in [0.15, 0.2) is 6.20 Å². The minimum atomic E-state index is -0.254. The first kappa shape index (κ1) is 11.0. The predicted molar refractivity (Wildman–Crippen MR) is 61.9 cm³/mol. The van der Waals surface area contributed by atoms with Crippen LogP contribution >= 0.6 is 0 Å². The molecule has 0 aromatic carbocycles. The Morgan fingerprint density at radius 3 is 2.62 bits per heavy atom. The summed E-state index contributed by atoms with van der Waals surface area (Å²) < 4.78 is 1.70. The fourth-order valence-electron chi connectivity index (χ4n) is 2.13. The Bertz CT molecular complexity index is 393. The van der Waals surface area contributed by atoms with Gasteiger partial charge in [-0.1, -0.05) is 0 Å². The summed E-state index contributed by atoms with van der Waals surface area (Å²) in [6.07, 6.45) is 3.82. The second kappa shape index (κ2) is 4.15. The second-order valence-electron chi connectivity index (χ2n) is 4.34. The quantitative estimate of drug-likeness (QED) is 0.810. The van der Waals surface area contributed by atoms with E-state index < -0.39 is 0 Å². The zero-order valence-corrected chi connectivity index (χ0v) is 9.81. The molecule has 1 aromatic rings. The first-order valence-corrected chi connectivity index (χ1v) is 5.69. The number of likely N-dealkylation sites (tertiary alicyclic amines) is 1. The number of carbonyl (C=O) groups is 1. The molecule has 0 spiro atoms. The van der Waals surface area contributed by atoms with Crippen LogP contribution in [0.5, 0.6) is 0 Å². The predicted octanol–water partition coefficient (Wildman–Crippen LogP) is 0.957. The zero-order chi connectivity index (χ0) is 11.7. The van der Waals surface area contributed by atoms with Gasteiger partial charge in [0, 0.05) is 13.1 Å². The van der Waals surface area contributed by atoms with Crippen molar-refractivity contribution in [2.75, 3.05) is 18.8 Å². The number of nitrogens with zero attached hydrogens (tertiary/aromatic N) is 3. The molecule has 1 fully saturated rings. The number of nitrogens with two attached hydrogens (primary N) is 1. The average Bonchev–Trinajstić information content (AvgIpc) is 2.89. The van der Waals surface area contributed by atoms with Crippen molar-refractivity contribution < 1.29 is 4.79 Å². The lowest BCUT2D eigenvalue weighted by molar-refractivity contribution is -0.133. The maximum atomic E-state index is 12.1. The van der Waals surface area contributed by atoms with Crippen LogP contribution in [0.2, 0.25) is 0 Å². The number of hydrogen-bond acceptors (Lipinski definition) is 3. The maximum Gasteiger partial charge on any atom is 0.247 e. The van der Waals surface area contributed by atoms with Gasteiger partial charge >= 0.3 is 0 Å². The van der Waals surface area contributed by atoms with Gasteiger partial charge in [0.1, 0.15) is 6.04 Å². The highest BCUT2D eigenvalue weighted by Gasteiger charge is 2.25. The van der Waals surface area contributed by atoms with Crippen molar-refractivity contribution >= 4 is 11.6 Å². The van der Waals surface area contributed by atoms with Gasteiger partial charge in [-0.15, -0.1) is 0 Å². The van der Waals surface area contributed by atoms with E-state index in [0.717, 1.165) is 31.6 Å². The molecular formula is C11H18N4O. The average molecular weight is 222 g/mol. The lowest BCUT2D eigenvalue weighted by atomic mass is 10.3. The summed E-state index contributed by atoms with van der Waals surface area (Å²) in [6, 6.07) is -0.254. The Morgan fingerprint density at radius 2 is 2.12 bits per heavy atom. The van der Waals surface area contributed by atoms with E-state index in [2.05, 4.69) is 5.10 Å². The van der Waals surface area contributed by atoms with E-state index in [0.29, 0.717) is 5.69 Å². The molecule has 5 heteroatoms. The summed E-state index contributed by atoms with van der Waals surface area (Å²) in [7, 11) is 0. The van der Waals surface area contributed by atoms with Crippen LogP contribution in [-0.4, -0.2) is 33.7 Å².